The second-order valence-electron chi connectivity index (χ2n) is 3.11. The van der Waals surface area contributed by atoms with Crippen molar-refractivity contribution in [2.45, 2.75) is 53.4 Å². The Bertz CT molecular complexity index is 234. The van der Waals surface area contributed by atoms with Crippen molar-refractivity contribution in [2.24, 2.45) is 0 Å². The fourth-order valence-electron chi connectivity index (χ4n) is 0. The largest absolute Gasteiger partial charge is 4.00 e. The van der Waals surface area contributed by atoms with Gasteiger partial charge in [-0.3, -0.25) is 0 Å². The van der Waals surface area contributed by atoms with E-state index in [2.05, 4.69) is 0 Å². The molecule has 0 aliphatic rings. The van der Waals surface area contributed by atoms with Crippen LogP contribution in [0.5, 0.6) is 0 Å². The minimum absolute atomic E-state index is 0. The molecule has 0 aliphatic carbocycles. The van der Waals surface area contributed by atoms with Gasteiger partial charge in [-0.1, -0.05) is 27.7 Å². The third-order valence-corrected chi connectivity index (χ3v) is 1.28. The second kappa shape index (κ2) is 32.5. The molecule has 0 saturated carbocycles. The first-order valence-corrected chi connectivity index (χ1v) is 6.06. The Kier molecular flexibility index (Phi) is 55.7. The third-order valence-electron chi connectivity index (χ3n) is 1.28. The van der Waals surface area contributed by atoms with Crippen LogP contribution in [0.1, 0.15) is 53.4 Å². The molecular formula is C12H24Hf2N4O4. The van der Waals surface area contributed by atoms with Gasteiger partial charge in [0.1, 0.15) is 0 Å². The van der Waals surface area contributed by atoms with Crippen LogP contribution in [-0.2, 0) is 70.9 Å². The summed E-state index contributed by atoms with van der Waals surface area (Å²) in [4.78, 5) is 37.9. The van der Waals surface area contributed by atoms with Crippen molar-refractivity contribution in [1.82, 2.24) is 0 Å². The maximum absolute atomic E-state index is 9.48. The van der Waals surface area contributed by atoms with Crippen molar-refractivity contribution in [2.75, 3.05) is 0 Å². The van der Waals surface area contributed by atoms with Gasteiger partial charge in [-0.05, 0) is 25.7 Å². The number of nitrogens with one attached hydrogen (secondary N) is 4. The van der Waals surface area contributed by atoms with Crippen molar-refractivity contribution >= 4 is 23.6 Å². The zero-order valence-electron chi connectivity index (χ0n) is 13.5. The van der Waals surface area contributed by atoms with Crippen molar-refractivity contribution in [3.05, 3.63) is 22.9 Å². The van der Waals surface area contributed by atoms with E-state index < -0.39 is 23.6 Å². The summed E-state index contributed by atoms with van der Waals surface area (Å²) in [7, 11) is 0. The monoisotopic (exact) mass is 648 g/mol. The molecule has 124 valence electrons. The van der Waals surface area contributed by atoms with E-state index >= 15 is 0 Å². The van der Waals surface area contributed by atoms with Gasteiger partial charge in [0.25, 0.3) is 0 Å². The van der Waals surface area contributed by atoms with Gasteiger partial charge in [-0.25, -0.2) is 0 Å². The van der Waals surface area contributed by atoms with E-state index in [0.29, 0.717) is 25.7 Å². The van der Waals surface area contributed by atoms with Crippen LogP contribution >= 0.6 is 0 Å². The smallest absolute Gasteiger partial charge is 0.668 e. The van der Waals surface area contributed by atoms with Crippen LogP contribution in [0.4, 0.5) is 0 Å². The first-order chi connectivity index (χ1) is 9.08. The van der Waals surface area contributed by atoms with Crippen LogP contribution in [0, 0.1) is 0 Å². The van der Waals surface area contributed by atoms with Gasteiger partial charge in [0.05, 0.1) is 0 Å². The Hall–Kier alpha value is -0.380. The van der Waals surface area contributed by atoms with E-state index in [4.69, 9.17) is 22.9 Å². The number of hydrogen-bond donors (Lipinski definition) is 0. The summed E-state index contributed by atoms with van der Waals surface area (Å²) < 4.78 is 0. The van der Waals surface area contributed by atoms with Crippen molar-refractivity contribution in [3.8, 4) is 0 Å². The zero-order chi connectivity index (χ0) is 17.1. The summed E-state index contributed by atoms with van der Waals surface area (Å²) in [6.45, 7) is 6.65. The quantitative estimate of drug-likeness (QED) is 0.424. The molecular weight excluding hydrogens is 621 g/mol. The molecule has 0 aromatic heterocycles. The molecule has 0 aromatic carbocycles. The molecule has 22 heavy (non-hydrogen) atoms. The van der Waals surface area contributed by atoms with Crippen LogP contribution < -0.4 is 0 Å². The molecule has 8 nitrogen and oxygen atoms in total. The van der Waals surface area contributed by atoms with Gasteiger partial charge < -0.3 is 42.1 Å². The molecule has 0 spiro atoms. The standard InChI is InChI=1S/4C3H7NO.2Hf/c4*1-2-3(4)5;;/h4*2H2,1H3,(H2,4,5);;/q;;;;;+4/p-4. The molecule has 0 aromatic rings. The Balaban J connectivity index is -0.0000000376. The SMILES string of the molecule is CCC([NH-])=O.CCC([NH-])=O.CCC([NH-])=O.CCC([NH-])=O.[Hf+4].[Hf]. The summed E-state index contributed by atoms with van der Waals surface area (Å²) in [6.07, 6.45) is 1.33. The van der Waals surface area contributed by atoms with Gasteiger partial charge in [-0.2, -0.15) is 0 Å². The molecule has 10 heteroatoms. The van der Waals surface area contributed by atoms with Gasteiger partial charge in [0, 0.05) is 49.5 Å². The molecule has 0 radical (unpaired) electrons. The van der Waals surface area contributed by atoms with Gasteiger partial charge in [-0.15, -0.1) is 0 Å². The van der Waals surface area contributed by atoms with Gasteiger partial charge in [0.15, 0.2) is 0 Å². The molecule has 0 bridgehead atoms. The first-order valence-electron chi connectivity index (χ1n) is 6.06. The summed E-state index contributed by atoms with van der Waals surface area (Å²) in [6, 6.07) is 0. The van der Waals surface area contributed by atoms with Crippen molar-refractivity contribution in [3.63, 3.8) is 0 Å². The third kappa shape index (κ3) is 117. The van der Waals surface area contributed by atoms with Crippen LogP contribution in [0.15, 0.2) is 0 Å². The van der Waals surface area contributed by atoms with Crippen molar-refractivity contribution in [1.29, 1.82) is 0 Å². The number of amides is 4. The van der Waals surface area contributed by atoms with Gasteiger partial charge in [0.2, 0.25) is 0 Å². The maximum atomic E-state index is 9.48. The minimum atomic E-state index is -0.495. The van der Waals surface area contributed by atoms with Crippen molar-refractivity contribution < 1.29 is 70.9 Å². The van der Waals surface area contributed by atoms with Crippen LogP contribution in [0.3, 0.4) is 0 Å². The number of carbonyl (C=O) groups excluding carboxylic acids is 4. The molecule has 0 unspecified atom stereocenters. The fourth-order valence-corrected chi connectivity index (χ4v) is 0. The summed E-state index contributed by atoms with van der Waals surface area (Å²) in [5, 5.41) is 0. The predicted octanol–water partition coefficient (Wildman–Crippen LogP) is 3.90. The molecule has 0 fully saturated rings. The minimum Gasteiger partial charge on any atom is -0.668 e. The number of rotatable bonds is 4. The Labute approximate surface area is 170 Å². The Morgan fingerprint density at radius 1 is 0.545 bits per heavy atom. The molecule has 0 atom stereocenters. The predicted molar refractivity (Wildman–Crippen MR) is 78.5 cm³/mol. The fraction of sp³-hybridized carbons (Fsp3) is 0.667. The maximum Gasteiger partial charge on any atom is 4.00 e. The topological polar surface area (TPSA) is 163 Å². The molecule has 0 aliphatic heterocycles. The normalized spacial score (nSPS) is 6.73. The van der Waals surface area contributed by atoms with E-state index in [-0.39, 0.29) is 51.7 Å². The second-order valence-corrected chi connectivity index (χ2v) is 3.11. The summed E-state index contributed by atoms with van der Waals surface area (Å²) >= 11 is 0. The van der Waals surface area contributed by atoms with E-state index in [1.807, 2.05) is 0 Å². The average molecular weight is 645 g/mol. The van der Waals surface area contributed by atoms with Crippen LogP contribution in [0.2, 0.25) is 0 Å². The van der Waals surface area contributed by atoms with Crippen LogP contribution in [0.25, 0.3) is 22.9 Å². The van der Waals surface area contributed by atoms with E-state index in [1.54, 1.807) is 27.7 Å². The van der Waals surface area contributed by atoms with Gasteiger partial charge >= 0.3 is 25.8 Å². The Morgan fingerprint density at radius 3 is 0.591 bits per heavy atom. The average Bonchev–Trinajstić information content (AvgIpc) is 2.40. The van der Waals surface area contributed by atoms with E-state index in [1.165, 1.54) is 0 Å². The first kappa shape index (κ1) is 37.7. The molecule has 4 N–H and O–H groups in total. The molecule has 0 heterocycles. The zero-order valence-corrected chi connectivity index (χ0v) is 20.6. The number of hydrogen-bond acceptors (Lipinski definition) is 4. The van der Waals surface area contributed by atoms with Crippen LogP contribution in [-0.4, -0.2) is 23.6 Å². The molecule has 4 amide bonds. The Morgan fingerprint density at radius 2 is 0.591 bits per heavy atom. The van der Waals surface area contributed by atoms with E-state index in [0.717, 1.165) is 0 Å². The number of carbonyl (C=O) groups is 4. The summed E-state index contributed by atoms with van der Waals surface area (Å²) in [5.41, 5.74) is 24.8. The molecule has 0 saturated heterocycles. The van der Waals surface area contributed by atoms with E-state index in [9.17, 15) is 19.2 Å². The molecule has 0 rings (SSSR count). The summed E-state index contributed by atoms with van der Waals surface area (Å²) in [5.74, 6) is -1.98.